The topological polar surface area (TPSA) is 92.6 Å². The number of benzene rings is 2. The summed E-state index contributed by atoms with van der Waals surface area (Å²) in [6.07, 6.45) is 0. The monoisotopic (exact) mass is 417 g/mol. The van der Waals surface area contributed by atoms with Crippen LogP contribution < -0.4 is 5.32 Å². The second kappa shape index (κ2) is 6.49. The molecular formula is C19H16ClN3O4S. The lowest BCUT2D eigenvalue weighted by molar-refractivity contribution is -0.384. The Morgan fingerprint density at radius 1 is 1.29 bits per heavy atom. The van der Waals surface area contributed by atoms with E-state index in [2.05, 4.69) is 5.32 Å². The lowest BCUT2D eigenvalue weighted by atomic mass is 10.0. The minimum atomic E-state index is -0.725. The molecule has 0 spiro atoms. The fraction of sp³-hybridized carbons (Fsp3) is 0.263. The number of carbonyl (C=O) groups is 2. The lowest BCUT2D eigenvalue weighted by Crippen LogP contribution is -2.50. The van der Waals surface area contributed by atoms with Crippen LogP contribution in [0.1, 0.15) is 35.1 Å². The Labute approximate surface area is 170 Å². The van der Waals surface area contributed by atoms with E-state index in [1.54, 1.807) is 28.8 Å². The third kappa shape index (κ3) is 2.84. The minimum absolute atomic E-state index is 0.00927. The molecule has 7 nitrogen and oxygen atoms in total. The molecule has 4 rings (SSSR count). The van der Waals surface area contributed by atoms with Crippen molar-refractivity contribution in [3.05, 3.63) is 68.7 Å². The number of anilines is 1. The fourth-order valence-electron chi connectivity index (χ4n) is 3.75. The zero-order valence-corrected chi connectivity index (χ0v) is 16.6. The smallest absolute Gasteiger partial charge is 0.289 e. The second-order valence-corrected chi connectivity index (χ2v) is 9.33. The van der Waals surface area contributed by atoms with Gasteiger partial charge in [-0.15, -0.1) is 11.8 Å². The molecule has 0 unspecified atom stereocenters. The van der Waals surface area contributed by atoms with E-state index in [-0.39, 0.29) is 27.7 Å². The maximum Gasteiger partial charge on any atom is 0.289 e. The molecule has 9 heteroatoms. The molecule has 2 aromatic rings. The lowest BCUT2D eigenvalue weighted by Gasteiger charge is -2.29. The summed E-state index contributed by atoms with van der Waals surface area (Å²) in [4.78, 5) is 38.2. The van der Waals surface area contributed by atoms with Crippen molar-refractivity contribution in [3.63, 3.8) is 0 Å². The zero-order valence-electron chi connectivity index (χ0n) is 15.0. The van der Waals surface area contributed by atoms with Crippen LogP contribution in [0.25, 0.3) is 0 Å². The molecule has 1 fully saturated rings. The van der Waals surface area contributed by atoms with Crippen LogP contribution in [0.4, 0.5) is 11.4 Å². The summed E-state index contributed by atoms with van der Waals surface area (Å²) in [5.41, 5.74) is 1.48. The number of halogens is 1. The maximum atomic E-state index is 13.1. The van der Waals surface area contributed by atoms with E-state index in [0.29, 0.717) is 5.56 Å². The first kappa shape index (κ1) is 18.8. The number of hydrogen-bond donors (Lipinski definition) is 1. The van der Waals surface area contributed by atoms with Gasteiger partial charge in [-0.05, 0) is 37.6 Å². The minimum Gasteiger partial charge on any atom is -0.324 e. The van der Waals surface area contributed by atoms with Gasteiger partial charge < -0.3 is 10.2 Å². The Morgan fingerprint density at radius 3 is 2.71 bits per heavy atom. The van der Waals surface area contributed by atoms with Crippen molar-refractivity contribution in [1.82, 2.24) is 4.90 Å². The first-order chi connectivity index (χ1) is 13.2. The van der Waals surface area contributed by atoms with Gasteiger partial charge in [0.1, 0.15) is 16.4 Å². The van der Waals surface area contributed by atoms with E-state index in [1.165, 1.54) is 18.2 Å². The molecule has 28 heavy (non-hydrogen) atoms. The van der Waals surface area contributed by atoms with Gasteiger partial charge in [0.25, 0.3) is 11.6 Å². The van der Waals surface area contributed by atoms with Crippen molar-refractivity contribution in [1.29, 1.82) is 0 Å². The van der Waals surface area contributed by atoms with Crippen molar-refractivity contribution >= 4 is 46.6 Å². The van der Waals surface area contributed by atoms with Crippen molar-refractivity contribution < 1.29 is 14.5 Å². The molecule has 0 saturated carbocycles. The summed E-state index contributed by atoms with van der Waals surface area (Å²) < 4.78 is -0.531. The van der Waals surface area contributed by atoms with Gasteiger partial charge in [0.15, 0.2) is 0 Å². The fourth-order valence-corrected chi connectivity index (χ4v) is 5.52. The molecule has 2 atom stereocenters. The number of carbonyl (C=O) groups excluding carboxylic acids is 2. The van der Waals surface area contributed by atoms with Gasteiger partial charge in [0, 0.05) is 22.1 Å². The first-order valence-electron chi connectivity index (χ1n) is 8.55. The van der Waals surface area contributed by atoms with Gasteiger partial charge in [0.2, 0.25) is 5.91 Å². The van der Waals surface area contributed by atoms with Crippen LogP contribution in [-0.2, 0) is 4.79 Å². The van der Waals surface area contributed by atoms with Crippen LogP contribution >= 0.6 is 23.4 Å². The number of fused-ring (bicyclic) bond motifs is 3. The molecule has 0 aliphatic carbocycles. The second-order valence-electron chi connectivity index (χ2n) is 7.19. The predicted octanol–water partition coefficient (Wildman–Crippen LogP) is 4.24. The zero-order chi connectivity index (χ0) is 20.2. The van der Waals surface area contributed by atoms with Gasteiger partial charge in [-0.25, -0.2) is 0 Å². The standard InChI is InChI=1S/C19H16ClN3O4S/c1-19(2)15(16(24)21-10-7-8-13(20)14(9-10)23(26)27)22-17(25)11-5-3-4-6-12(11)18(22)28-19/h3-9,15,18H,1-2H3,(H,21,24)/t15-,18-/m0/s1. The average Bonchev–Trinajstić information content (AvgIpc) is 3.06. The maximum absolute atomic E-state index is 13.1. The van der Waals surface area contributed by atoms with Crippen LogP contribution in [0.2, 0.25) is 5.02 Å². The van der Waals surface area contributed by atoms with Gasteiger partial charge in [-0.3, -0.25) is 19.7 Å². The summed E-state index contributed by atoms with van der Waals surface area (Å²) >= 11 is 7.39. The third-order valence-corrected chi connectivity index (χ3v) is 6.81. The Morgan fingerprint density at radius 2 is 2.00 bits per heavy atom. The Bertz CT molecular complexity index is 1030. The molecule has 2 aromatic carbocycles. The van der Waals surface area contributed by atoms with Crippen molar-refractivity contribution in [2.24, 2.45) is 0 Å². The number of rotatable bonds is 3. The molecule has 0 bridgehead atoms. The Kier molecular flexibility index (Phi) is 4.35. The highest BCUT2D eigenvalue weighted by Crippen LogP contribution is 2.56. The van der Waals surface area contributed by atoms with E-state index >= 15 is 0 Å². The van der Waals surface area contributed by atoms with Crippen LogP contribution in [0, 0.1) is 10.1 Å². The van der Waals surface area contributed by atoms with E-state index in [9.17, 15) is 19.7 Å². The molecule has 0 radical (unpaired) electrons. The first-order valence-corrected chi connectivity index (χ1v) is 9.80. The Balaban J connectivity index is 1.65. The number of amides is 2. The summed E-state index contributed by atoms with van der Waals surface area (Å²) in [5, 5.41) is 13.6. The largest absolute Gasteiger partial charge is 0.324 e. The van der Waals surface area contributed by atoms with E-state index in [1.807, 2.05) is 26.0 Å². The number of hydrogen-bond acceptors (Lipinski definition) is 5. The van der Waals surface area contributed by atoms with Crippen molar-refractivity contribution in [3.8, 4) is 0 Å². The van der Waals surface area contributed by atoms with Gasteiger partial charge in [-0.1, -0.05) is 29.8 Å². The number of nitro benzene ring substituents is 1. The predicted molar refractivity (Wildman–Crippen MR) is 108 cm³/mol. The summed E-state index contributed by atoms with van der Waals surface area (Å²) in [6.45, 7) is 3.83. The number of nitro groups is 1. The average molecular weight is 418 g/mol. The molecule has 2 amide bonds. The van der Waals surface area contributed by atoms with Crippen LogP contribution in [0.15, 0.2) is 42.5 Å². The van der Waals surface area contributed by atoms with E-state index < -0.39 is 21.6 Å². The molecule has 2 aliphatic rings. The molecule has 144 valence electrons. The molecule has 1 N–H and O–H groups in total. The molecule has 2 aliphatic heterocycles. The number of nitrogens with one attached hydrogen (secondary N) is 1. The Hall–Kier alpha value is -2.58. The molecule has 0 aromatic heterocycles. The SMILES string of the molecule is CC1(C)S[C@H]2c3ccccc3C(=O)N2[C@H]1C(=O)Nc1ccc(Cl)c([N+](=O)[O-])c1. The molecule has 1 saturated heterocycles. The highest BCUT2D eigenvalue weighted by Gasteiger charge is 2.57. The normalized spacial score (nSPS) is 22.0. The summed E-state index contributed by atoms with van der Waals surface area (Å²) in [6, 6.07) is 10.7. The van der Waals surface area contributed by atoms with Crippen LogP contribution in [0.5, 0.6) is 0 Å². The van der Waals surface area contributed by atoms with Crippen molar-refractivity contribution in [2.75, 3.05) is 5.32 Å². The van der Waals surface area contributed by atoms with Gasteiger partial charge >= 0.3 is 0 Å². The third-order valence-electron chi connectivity index (χ3n) is 4.96. The molecular weight excluding hydrogens is 402 g/mol. The van der Waals surface area contributed by atoms with Crippen molar-refractivity contribution in [2.45, 2.75) is 30.0 Å². The summed E-state index contributed by atoms with van der Waals surface area (Å²) in [7, 11) is 0. The highest BCUT2D eigenvalue weighted by molar-refractivity contribution is 8.01. The van der Waals surface area contributed by atoms with Gasteiger partial charge in [0.05, 0.1) is 4.92 Å². The van der Waals surface area contributed by atoms with E-state index in [0.717, 1.165) is 5.56 Å². The number of thioether (sulfide) groups is 1. The van der Waals surface area contributed by atoms with Gasteiger partial charge in [-0.2, -0.15) is 0 Å². The highest BCUT2D eigenvalue weighted by atomic mass is 35.5. The van der Waals surface area contributed by atoms with E-state index in [4.69, 9.17) is 11.6 Å². The number of nitrogens with zero attached hydrogens (tertiary/aromatic N) is 2. The quantitative estimate of drug-likeness (QED) is 0.595. The van der Waals surface area contributed by atoms with Crippen LogP contribution in [-0.4, -0.2) is 32.4 Å². The molecule has 2 heterocycles. The van der Waals surface area contributed by atoms with Crippen LogP contribution in [0.3, 0.4) is 0 Å². The summed E-state index contributed by atoms with van der Waals surface area (Å²) in [5.74, 6) is -0.571.